The number of likely N-dealkylation sites (N-methyl/N-ethyl adjacent to an activating group) is 1. The molecule has 0 atom stereocenters. The summed E-state index contributed by atoms with van der Waals surface area (Å²) in [4.78, 5) is 14.8. The minimum absolute atomic E-state index is 0.0875. The van der Waals surface area contributed by atoms with Crippen LogP contribution in [-0.2, 0) is 13.0 Å². The van der Waals surface area contributed by atoms with Gasteiger partial charge in [-0.25, -0.2) is 9.07 Å². The zero-order valence-corrected chi connectivity index (χ0v) is 14.9. The lowest BCUT2D eigenvalue weighted by Gasteiger charge is -2.16. The van der Waals surface area contributed by atoms with Gasteiger partial charge in [0.1, 0.15) is 5.82 Å². The van der Waals surface area contributed by atoms with Crippen LogP contribution in [0.2, 0.25) is 0 Å². The van der Waals surface area contributed by atoms with Gasteiger partial charge in [0.05, 0.1) is 17.6 Å². The molecule has 1 heterocycles. The molecular weight excluding hydrogens is 329 g/mol. The molecule has 0 fully saturated rings. The second-order valence-electron chi connectivity index (χ2n) is 6.37. The van der Waals surface area contributed by atoms with E-state index in [-0.39, 0.29) is 11.4 Å². The Morgan fingerprint density at radius 3 is 2.54 bits per heavy atom. The fourth-order valence-corrected chi connectivity index (χ4v) is 2.96. The first-order chi connectivity index (χ1) is 12.6. The monoisotopic (exact) mass is 351 g/mol. The van der Waals surface area contributed by atoms with Gasteiger partial charge in [-0.05, 0) is 30.8 Å². The van der Waals surface area contributed by atoms with E-state index in [9.17, 15) is 9.18 Å². The molecule has 0 saturated heterocycles. The van der Waals surface area contributed by atoms with E-state index in [4.69, 9.17) is 0 Å². The highest BCUT2D eigenvalue weighted by Gasteiger charge is 2.11. The Bertz CT molecular complexity index is 963. The molecule has 1 aromatic heterocycles. The lowest BCUT2D eigenvalue weighted by atomic mass is 10.0. The van der Waals surface area contributed by atoms with Crippen LogP contribution in [0.25, 0.3) is 10.8 Å². The SMILES string of the molecule is C=CCN(C)CCn1nc(Cc2ccc(F)cc2)c2ccccc2c1=O. The molecule has 0 aliphatic rings. The van der Waals surface area contributed by atoms with Gasteiger partial charge in [-0.15, -0.1) is 6.58 Å². The van der Waals surface area contributed by atoms with Crippen LogP contribution < -0.4 is 5.56 Å². The van der Waals surface area contributed by atoms with Crippen LogP contribution in [0.15, 0.2) is 66.0 Å². The van der Waals surface area contributed by atoms with Gasteiger partial charge in [0.25, 0.3) is 5.56 Å². The van der Waals surface area contributed by atoms with E-state index in [0.717, 1.165) is 23.2 Å². The Hall–Kier alpha value is -2.79. The number of rotatable bonds is 7. The second-order valence-corrected chi connectivity index (χ2v) is 6.37. The Morgan fingerprint density at radius 2 is 1.85 bits per heavy atom. The standard InChI is InChI=1S/C21H22FN3O/c1-3-12-24(2)13-14-25-21(26)19-7-5-4-6-18(19)20(23-25)15-16-8-10-17(22)11-9-16/h3-11H,1,12-15H2,2H3. The molecule has 0 spiro atoms. The number of benzene rings is 2. The van der Waals surface area contributed by atoms with Crippen molar-refractivity contribution in [2.24, 2.45) is 0 Å². The van der Waals surface area contributed by atoms with E-state index in [2.05, 4.69) is 16.6 Å². The normalized spacial score (nSPS) is 11.2. The maximum Gasteiger partial charge on any atom is 0.274 e. The van der Waals surface area contributed by atoms with Gasteiger partial charge in [0.2, 0.25) is 0 Å². The summed E-state index contributed by atoms with van der Waals surface area (Å²) in [5.74, 6) is -0.262. The third-order valence-electron chi connectivity index (χ3n) is 4.36. The van der Waals surface area contributed by atoms with Gasteiger partial charge in [-0.2, -0.15) is 5.10 Å². The maximum atomic E-state index is 13.2. The zero-order valence-electron chi connectivity index (χ0n) is 14.9. The smallest absolute Gasteiger partial charge is 0.274 e. The number of aromatic nitrogens is 2. The largest absolute Gasteiger partial charge is 0.301 e. The van der Waals surface area contributed by atoms with Crippen LogP contribution in [-0.4, -0.2) is 34.8 Å². The van der Waals surface area contributed by atoms with Gasteiger partial charge in [0.15, 0.2) is 0 Å². The van der Waals surface area contributed by atoms with Gasteiger partial charge in [0, 0.05) is 24.9 Å². The minimum Gasteiger partial charge on any atom is -0.301 e. The topological polar surface area (TPSA) is 38.1 Å². The van der Waals surface area contributed by atoms with E-state index in [1.165, 1.54) is 16.8 Å². The van der Waals surface area contributed by atoms with Gasteiger partial charge in [-0.1, -0.05) is 36.4 Å². The highest BCUT2D eigenvalue weighted by molar-refractivity contribution is 5.83. The van der Waals surface area contributed by atoms with Crippen LogP contribution >= 0.6 is 0 Å². The van der Waals surface area contributed by atoms with Crippen molar-refractivity contribution in [2.45, 2.75) is 13.0 Å². The number of nitrogens with zero attached hydrogens (tertiary/aromatic N) is 3. The molecule has 4 nitrogen and oxygen atoms in total. The highest BCUT2D eigenvalue weighted by Crippen LogP contribution is 2.17. The third-order valence-corrected chi connectivity index (χ3v) is 4.36. The van der Waals surface area contributed by atoms with Crippen molar-refractivity contribution < 1.29 is 4.39 Å². The molecule has 3 aromatic rings. The molecule has 3 rings (SSSR count). The first-order valence-corrected chi connectivity index (χ1v) is 8.61. The van der Waals surface area contributed by atoms with E-state index < -0.39 is 0 Å². The highest BCUT2D eigenvalue weighted by atomic mass is 19.1. The predicted octanol–water partition coefficient (Wildman–Crippen LogP) is 3.24. The first-order valence-electron chi connectivity index (χ1n) is 8.61. The average Bonchev–Trinajstić information content (AvgIpc) is 2.65. The molecule has 5 heteroatoms. The Balaban J connectivity index is 1.98. The molecule has 0 unspecified atom stereocenters. The summed E-state index contributed by atoms with van der Waals surface area (Å²) in [6, 6.07) is 13.9. The first kappa shape index (κ1) is 18.0. The number of hydrogen-bond acceptors (Lipinski definition) is 3. The fraction of sp³-hybridized carbons (Fsp3) is 0.238. The molecule has 0 bridgehead atoms. The summed E-state index contributed by atoms with van der Waals surface area (Å²) in [6.45, 7) is 5.69. The molecule has 0 saturated carbocycles. The fourth-order valence-electron chi connectivity index (χ4n) is 2.96. The number of fused-ring (bicyclic) bond motifs is 1. The Morgan fingerprint density at radius 1 is 1.15 bits per heavy atom. The summed E-state index contributed by atoms with van der Waals surface area (Å²) in [6.07, 6.45) is 2.38. The lowest BCUT2D eigenvalue weighted by molar-refractivity contribution is 0.338. The maximum absolute atomic E-state index is 13.2. The quantitative estimate of drug-likeness (QED) is 0.613. The number of hydrogen-bond donors (Lipinski definition) is 0. The van der Waals surface area contributed by atoms with Crippen LogP contribution in [0.4, 0.5) is 4.39 Å². The summed E-state index contributed by atoms with van der Waals surface area (Å²) >= 11 is 0. The van der Waals surface area contributed by atoms with Crippen LogP contribution in [0.5, 0.6) is 0 Å². The van der Waals surface area contributed by atoms with Crippen LogP contribution in [0.1, 0.15) is 11.3 Å². The Kier molecular flexibility index (Phi) is 5.58. The Labute approximate surface area is 152 Å². The molecule has 26 heavy (non-hydrogen) atoms. The third kappa shape index (κ3) is 4.06. The van der Waals surface area contributed by atoms with Gasteiger partial charge >= 0.3 is 0 Å². The van der Waals surface area contributed by atoms with Crippen molar-refractivity contribution in [1.82, 2.24) is 14.7 Å². The molecule has 0 amide bonds. The molecule has 2 aromatic carbocycles. The zero-order chi connectivity index (χ0) is 18.5. The summed E-state index contributed by atoms with van der Waals surface area (Å²) < 4.78 is 14.7. The predicted molar refractivity (Wildman–Crippen MR) is 103 cm³/mol. The average molecular weight is 351 g/mol. The van der Waals surface area contributed by atoms with Crippen molar-refractivity contribution in [3.8, 4) is 0 Å². The minimum atomic E-state index is -0.262. The van der Waals surface area contributed by atoms with E-state index in [1.807, 2.05) is 37.4 Å². The molecular formula is C21H22FN3O. The lowest BCUT2D eigenvalue weighted by Crippen LogP contribution is -2.31. The van der Waals surface area contributed by atoms with E-state index in [1.54, 1.807) is 12.1 Å². The molecule has 134 valence electrons. The van der Waals surface area contributed by atoms with Crippen molar-refractivity contribution in [1.29, 1.82) is 0 Å². The number of halogens is 1. The van der Waals surface area contributed by atoms with Crippen molar-refractivity contribution in [3.05, 3.63) is 88.6 Å². The molecule has 0 N–H and O–H groups in total. The van der Waals surface area contributed by atoms with Gasteiger partial charge < -0.3 is 4.90 Å². The van der Waals surface area contributed by atoms with Gasteiger partial charge in [-0.3, -0.25) is 4.79 Å². The molecule has 0 radical (unpaired) electrons. The summed E-state index contributed by atoms with van der Waals surface area (Å²) in [7, 11) is 1.98. The van der Waals surface area contributed by atoms with Crippen molar-refractivity contribution >= 4 is 10.8 Å². The molecule has 0 aliphatic carbocycles. The molecule has 0 aliphatic heterocycles. The summed E-state index contributed by atoms with van der Waals surface area (Å²) in [5.41, 5.74) is 1.69. The van der Waals surface area contributed by atoms with E-state index in [0.29, 0.717) is 24.9 Å². The van der Waals surface area contributed by atoms with Crippen molar-refractivity contribution in [3.63, 3.8) is 0 Å². The van der Waals surface area contributed by atoms with Crippen molar-refractivity contribution in [2.75, 3.05) is 20.1 Å². The van der Waals surface area contributed by atoms with Crippen LogP contribution in [0, 0.1) is 5.82 Å². The summed E-state index contributed by atoms with van der Waals surface area (Å²) in [5, 5.41) is 6.11. The second kappa shape index (κ2) is 8.06. The van der Waals surface area contributed by atoms with E-state index >= 15 is 0 Å². The van der Waals surface area contributed by atoms with Crippen LogP contribution in [0.3, 0.4) is 0 Å².